The first-order valence-electron chi connectivity index (χ1n) is 11.2. The number of hydrogen-bond acceptors (Lipinski definition) is 7. The second-order valence-corrected chi connectivity index (χ2v) is 11.2. The Morgan fingerprint density at radius 2 is 2.06 bits per heavy atom. The number of amides is 1. The van der Waals surface area contributed by atoms with E-state index < -0.39 is 15.9 Å². The molecule has 1 aliphatic rings. The van der Waals surface area contributed by atoms with E-state index in [9.17, 15) is 13.2 Å². The molecule has 11 heteroatoms. The van der Waals surface area contributed by atoms with E-state index in [-0.39, 0.29) is 17.5 Å². The van der Waals surface area contributed by atoms with Gasteiger partial charge in [-0.2, -0.15) is 4.98 Å². The minimum atomic E-state index is -3.22. The van der Waals surface area contributed by atoms with Crippen LogP contribution in [-0.2, 0) is 16.4 Å². The number of nitrogens with two attached hydrogens (primary N) is 1. The van der Waals surface area contributed by atoms with Crippen molar-refractivity contribution in [2.24, 2.45) is 5.92 Å². The van der Waals surface area contributed by atoms with Gasteiger partial charge in [-0.05, 0) is 55.8 Å². The Hall–Kier alpha value is -2.14. The molecule has 0 aliphatic carbocycles. The molecule has 2 aromatic rings. The van der Waals surface area contributed by atoms with Crippen LogP contribution in [0.5, 0.6) is 0 Å². The summed E-state index contributed by atoms with van der Waals surface area (Å²) < 4.78 is 31.7. The Morgan fingerprint density at radius 1 is 1.33 bits per heavy atom. The molecule has 0 radical (unpaired) electrons. The van der Waals surface area contributed by atoms with Crippen molar-refractivity contribution in [1.82, 2.24) is 14.6 Å². The number of sulfonamides is 1. The molecule has 0 atom stereocenters. The fourth-order valence-electron chi connectivity index (χ4n) is 3.87. The molecule has 4 N–H and O–H groups in total. The molecule has 0 bridgehead atoms. The summed E-state index contributed by atoms with van der Waals surface area (Å²) >= 11 is 6.25. The van der Waals surface area contributed by atoms with Crippen molar-refractivity contribution in [1.29, 1.82) is 0 Å². The van der Waals surface area contributed by atoms with Gasteiger partial charge in [0.1, 0.15) is 6.26 Å². The Labute approximate surface area is 200 Å². The maximum atomic E-state index is 12.6. The third-order valence-corrected chi connectivity index (χ3v) is 7.94. The third-order valence-electron chi connectivity index (χ3n) is 5.66. The van der Waals surface area contributed by atoms with Crippen molar-refractivity contribution in [3.05, 3.63) is 40.7 Å². The number of rotatable bonds is 10. The van der Waals surface area contributed by atoms with Crippen molar-refractivity contribution in [3.63, 3.8) is 0 Å². The molecule has 1 saturated heterocycles. The van der Waals surface area contributed by atoms with E-state index in [1.807, 2.05) is 26.0 Å². The number of nitrogens with zero attached hydrogens (tertiary/aromatic N) is 2. The van der Waals surface area contributed by atoms with Gasteiger partial charge in [0.2, 0.25) is 10.0 Å². The number of benzene rings is 1. The zero-order valence-corrected chi connectivity index (χ0v) is 20.6. The molecule has 0 spiro atoms. The number of piperidine rings is 1. The predicted octanol–water partition coefficient (Wildman–Crippen LogP) is 3.13. The average molecular weight is 498 g/mol. The summed E-state index contributed by atoms with van der Waals surface area (Å²) in [6.07, 6.45) is 4.17. The lowest BCUT2D eigenvalue weighted by molar-refractivity contribution is 0.102. The molecular weight excluding hydrogens is 466 g/mol. The summed E-state index contributed by atoms with van der Waals surface area (Å²) in [7, 11) is -3.22. The van der Waals surface area contributed by atoms with Crippen LogP contribution >= 0.6 is 11.6 Å². The molecule has 3 rings (SSSR count). The molecule has 1 aliphatic heterocycles. The number of hydrogen-bond donors (Lipinski definition) is 3. The molecule has 1 amide bonds. The van der Waals surface area contributed by atoms with Gasteiger partial charge >= 0.3 is 0 Å². The highest BCUT2D eigenvalue weighted by atomic mass is 35.5. The number of nitrogens with one attached hydrogen (secondary N) is 2. The van der Waals surface area contributed by atoms with Gasteiger partial charge in [-0.25, -0.2) is 12.7 Å². The van der Waals surface area contributed by atoms with E-state index in [0.29, 0.717) is 48.7 Å². The summed E-state index contributed by atoms with van der Waals surface area (Å²) in [4.78, 5) is 16.1. The highest BCUT2D eigenvalue weighted by Gasteiger charge is 2.27. The first kappa shape index (κ1) is 25.5. The predicted molar refractivity (Wildman–Crippen MR) is 130 cm³/mol. The molecule has 1 aromatic carbocycles. The van der Waals surface area contributed by atoms with Crippen molar-refractivity contribution in [2.45, 2.75) is 45.6 Å². The molecule has 1 aromatic heterocycles. The first-order valence-corrected chi connectivity index (χ1v) is 13.1. The van der Waals surface area contributed by atoms with Gasteiger partial charge < -0.3 is 20.8 Å². The highest BCUT2D eigenvalue weighted by molar-refractivity contribution is 7.89. The molecule has 182 valence electrons. The van der Waals surface area contributed by atoms with Crippen LogP contribution in [-0.4, -0.2) is 55.0 Å². The highest BCUT2D eigenvalue weighted by Crippen LogP contribution is 2.28. The monoisotopic (exact) mass is 497 g/mol. The van der Waals surface area contributed by atoms with Gasteiger partial charge in [0.15, 0.2) is 5.69 Å². The maximum Gasteiger partial charge on any atom is 0.292 e. The Kier molecular flexibility index (Phi) is 8.75. The van der Waals surface area contributed by atoms with E-state index in [1.54, 1.807) is 10.4 Å². The Bertz CT molecular complexity index is 1050. The Morgan fingerprint density at radius 3 is 2.70 bits per heavy atom. The number of aromatic nitrogens is 1. The second kappa shape index (κ2) is 11.3. The normalized spacial score (nSPS) is 15.8. The van der Waals surface area contributed by atoms with Crippen LogP contribution < -0.4 is 16.4 Å². The van der Waals surface area contributed by atoms with Crippen molar-refractivity contribution >= 4 is 39.2 Å². The zero-order valence-electron chi connectivity index (χ0n) is 19.0. The van der Waals surface area contributed by atoms with Crippen molar-refractivity contribution in [3.8, 4) is 0 Å². The van der Waals surface area contributed by atoms with Gasteiger partial charge in [0.25, 0.3) is 11.9 Å². The van der Waals surface area contributed by atoms with Gasteiger partial charge in [0, 0.05) is 19.1 Å². The largest absolute Gasteiger partial charge is 0.431 e. The number of anilines is 2. The van der Waals surface area contributed by atoms with Gasteiger partial charge in [-0.15, -0.1) is 0 Å². The van der Waals surface area contributed by atoms with Crippen LogP contribution in [0, 0.1) is 5.92 Å². The van der Waals surface area contributed by atoms with Crippen LogP contribution in [0.3, 0.4) is 0 Å². The summed E-state index contributed by atoms with van der Waals surface area (Å²) in [5.41, 5.74) is 7.00. The van der Waals surface area contributed by atoms with Gasteiger partial charge in [0.05, 0.1) is 16.5 Å². The number of nitrogen functional groups attached to an aromatic ring is 1. The number of carbonyl (C=O) groups excluding carboxylic acids is 1. The smallest absolute Gasteiger partial charge is 0.292 e. The second-order valence-electron chi connectivity index (χ2n) is 8.66. The molecule has 9 nitrogen and oxygen atoms in total. The maximum absolute atomic E-state index is 12.6. The minimum absolute atomic E-state index is 0.0718. The van der Waals surface area contributed by atoms with Crippen LogP contribution in [0.15, 0.2) is 28.9 Å². The third kappa shape index (κ3) is 7.43. The van der Waals surface area contributed by atoms with E-state index in [1.165, 1.54) is 6.26 Å². The lowest BCUT2D eigenvalue weighted by Crippen LogP contribution is -2.40. The van der Waals surface area contributed by atoms with E-state index >= 15 is 0 Å². The molecule has 2 heterocycles. The number of carbonyl (C=O) groups is 1. The van der Waals surface area contributed by atoms with Crippen LogP contribution in [0.4, 0.5) is 11.7 Å². The van der Waals surface area contributed by atoms with Crippen molar-refractivity contribution < 1.29 is 17.6 Å². The van der Waals surface area contributed by atoms with Crippen LogP contribution in [0.1, 0.15) is 49.2 Å². The first-order chi connectivity index (χ1) is 15.6. The molecule has 33 heavy (non-hydrogen) atoms. The average Bonchev–Trinajstić information content (AvgIpc) is 3.20. The van der Waals surface area contributed by atoms with Gasteiger partial charge in [-0.1, -0.05) is 31.5 Å². The summed E-state index contributed by atoms with van der Waals surface area (Å²) in [5.74, 6) is 0.0742. The number of halogens is 1. The van der Waals surface area contributed by atoms with Crippen molar-refractivity contribution in [2.75, 3.05) is 36.4 Å². The molecule has 0 unspecified atom stereocenters. The molecule has 0 saturated carbocycles. The fraction of sp³-hybridized carbons (Fsp3) is 0.545. The molecule has 1 fully saturated rings. The zero-order chi connectivity index (χ0) is 24.0. The summed E-state index contributed by atoms with van der Waals surface area (Å²) in [5, 5.41) is 6.40. The van der Waals surface area contributed by atoms with Crippen LogP contribution in [0.2, 0.25) is 5.02 Å². The lowest BCUT2D eigenvalue weighted by atomic mass is 9.91. The summed E-state index contributed by atoms with van der Waals surface area (Å²) in [6, 6.07) is 5.78. The van der Waals surface area contributed by atoms with Crippen LogP contribution in [0.25, 0.3) is 0 Å². The Balaban J connectivity index is 1.52. The van der Waals surface area contributed by atoms with E-state index in [0.717, 1.165) is 24.8 Å². The van der Waals surface area contributed by atoms with E-state index in [2.05, 4.69) is 15.6 Å². The minimum Gasteiger partial charge on any atom is -0.431 e. The number of oxazole rings is 1. The molecular formula is C22H32ClN5O4S. The fourth-order valence-corrected chi connectivity index (χ4v) is 5.57. The quantitative estimate of drug-likeness (QED) is 0.430. The standard InChI is InChI=1S/C22H32ClN5O4S/c1-15(2)25-8-3-11-33(30,31)28-9-6-16(7-10-28)12-17-4-5-18(23)19(13-17)26-21(29)20-14-32-22(24)27-20/h4-5,13-16,25H,3,6-12H2,1-2H3,(H2,24,27)(H,26,29). The van der Waals surface area contributed by atoms with E-state index in [4.69, 9.17) is 21.8 Å². The SMILES string of the molecule is CC(C)NCCCS(=O)(=O)N1CCC(Cc2ccc(Cl)c(NC(=O)c3coc(N)n3)c2)CC1. The topological polar surface area (TPSA) is 131 Å². The lowest BCUT2D eigenvalue weighted by Gasteiger charge is -2.31. The summed E-state index contributed by atoms with van der Waals surface area (Å²) in [6.45, 7) is 5.87. The van der Waals surface area contributed by atoms with Gasteiger partial charge in [-0.3, -0.25) is 4.79 Å².